The maximum Gasteiger partial charge on any atom is 0.134 e. The molecule has 1 aliphatic carbocycles. The summed E-state index contributed by atoms with van der Waals surface area (Å²) in [6.45, 7) is 4.23. The quantitative estimate of drug-likeness (QED) is 0.746. The Balaban J connectivity index is 1.98. The highest BCUT2D eigenvalue weighted by molar-refractivity contribution is 7.10. The van der Waals surface area contributed by atoms with Crippen LogP contribution in [-0.2, 0) is 10.3 Å². The average Bonchev–Trinajstić information content (AvgIpc) is 2.94. The molecule has 0 radical (unpaired) electrons. The lowest BCUT2D eigenvalue weighted by molar-refractivity contribution is -0.974. The number of hydrogen-bond acceptors (Lipinski definition) is 2. The van der Waals surface area contributed by atoms with Gasteiger partial charge >= 0.3 is 0 Å². The second kappa shape index (κ2) is 4.95. The third-order valence-electron chi connectivity index (χ3n) is 5.15. The van der Waals surface area contributed by atoms with Crippen LogP contribution in [0.2, 0.25) is 0 Å². The molecule has 2 fully saturated rings. The van der Waals surface area contributed by atoms with E-state index in [1.165, 1.54) is 49.7 Å². The molecule has 1 saturated heterocycles. The molecule has 100 valence electrons. The lowest BCUT2D eigenvalue weighted by Crippen LogP contribution is -2.64. The Labute approximate surface area is 114 Å². The summed E-state index contributed by atoms with van der Waals surface area (Å²) in [7, 11) is 2.47. The van der Waals surface area contributed by atoms with Crippen molar-refractivity contribution in [2.75, 3.05) is 33.4 Å². The Morgan fingerprint density at radius 2 is 1.89 bits per heavy atom. The van der Waals surface area contributed by atoms with Crippen molar-refractivity contribution in [3.8, 4) is 0 Å². The molecule has 0 atom stereocenters. The third kappa shape index (κ3) is 1.93. The maximum atomic E-state index is 5.61. The van der Waals surface area contributed by atoms with Crippen LogP contribution in [0.4, 0.5) is 0 Å². The van der Waals surface area contributed by atoms with Gasteiger partial charge in [-0.05, 0) is 24.3 Å². The van der Waals surface area contributed by atoms with Crippen LogP contribution in [0.15, 0.2) is 17.5 Å². The Hall–Kier alpha value is -0.380. The molecule has 2 aliphatic rings. The van der Waals surface area contributed by atoms with E-state index >= 15 is 0 Å². The van der Waals surface area contributed by atoms with Crippen LogP contribution in [0.1, 0.15) is 37.0 Å². The zero-order chi connectivity index (χ0) is 12.5. The van der Waals surface area contributed by atoms with Crippen molar-refractivity contribution >= 4 is 11.3 Å². The van der Waals surface area contributed by atoms with Crippen molar-refractivity contribution in [2.45, 2.75) is 37.6 Å². The topological polar surface area (TPSA) is 9.23 Å². The molecule has 0 amide bonds. The first-order valence-electron chi connectivity index (χ1n) is 7.23. The minimum atomic E-state index is 0.385. The molecule has 18 heavy (non-hydrogen) atoms. The SMILES string of the molecule is C[N+]1(C2(c3cccs3)CCCCC2)CCOCC1. The van der Waals surface area contributed by atoms with Gasteiger partial charge in [-0.25, -0.2) is 0 Å². The molecule has 3 heteroatoms. The van der Waals surface area contributed by atoms with Crippen LogP contribution in [0.3, 0.4) is 0 Å². The van der Waals surface area contributed by atoms with Crippen molar-refractivity contribution in [1.82, 2.24) is 0 Å². The summed E-state index contributed by atoms with van der Waals surface area (Å²) in [5.74, 6) is 0. The minimum absolute atomic E-state index is 0.385. The van der Waals surface area contributed by atoms with E-state index in [0.29, 0.717) is 5.54 Å². The number of ether oxygens (including phenoxy) is 1. The van der Waals surface area contributed by atoms with Crippen LogP contribution < -0.4 is 0 Å². The van der Waals surface area contributed by atoms with E-state index in [0.717, 1.165) is 13.2 Å². The molecular weight excluding hydrogens is 242 g/mol. The molecule has 0 unspecified atom stereocenters. The second-order valence-corrected chi connectivity index (χ2v) is 6.97. The zero-order valence-corrected chi connectivity index (χ0v) is 12.2. The molecule has 1 aromatic heterocycles. The van der Waals surface area contributed by atoms with E-state index in [1.807, 2.05) is 11.3 Å². The lowest BCUT2D eigenvalue weighted by atomic mass is 9.77. The molecule has 3 rings (SSSR count). The summed E-state index contributed by atoms with van der Waals surface area (Å²) in [6, 6.07) is 4.60. The van der Waals surface area contributed by atoms with E-state index in [2.05, 4.69) is 24.6 Å². The number of hydrogen-bond donors (Lipinski definition) is 0. The Morgan fingerprint density at radius 3 is 2.50 bits per heavy atom. The highest BCUT2D eigenvalue weighted by Gasteiger charge is 2.51. The van der Waals surface area contributed by atoms with Gasteiger partial charge in [0.1, 0.15) is 18.6 Å². The highest BCUT2D eigenvalue weighted by atomic mass is 32.1. The van der Waals surface area contributed by atoms with Crippen molar-refractivity contribution < 1.29 is 9.22 Å². The fraction of sp³-hybridized carbons (Fsp3) is 0.733. The summed E-state index contributed by atoms with van der Waals surface area (Å²) < 4.78 is 6.81. The molecule has 1 aromatic rings. The van der Waals surface area contributed by atoms with Crippen molar-refractivity contribution in [2.24, 2.45) is 0 Å². The summed E-state index contributed by atoms with van der Waals surface area (Å²) >= 11 is 1.96. The Kier molecular flexibility index (Phi) is 3.48. The van der Waals surface area contributed by atoms with Crippen molar-refractivity contribution in [3.63, 3.8) is 0 Å². The van der Waals surface area contributed by atoms with Gasteiger partial charge < -0.3 is 9.22 Å². The van der Waals surface area contributed by atoms with Crippen molar-refractivity contribution in [1.29, 1.82) is 0 Å². The van der Waals surface area contributed by atoms with Gasteiger partial charge in [0.2, 0.25) is 0 Å². The number of thiophene rings is 1. The van der Waals surface area contributed by atoms with Gasteiger partial charge in [-0.2, -0.15) is 0 Å². The monoisotopic (exact) mass is 266 g/mol. The van der Waals surface area contributed by atoms with E-state index < -0.39 is 0 Å². The smallest absolute Gasteiger partial charge is 0.134 e. The molecule has 0 aromatic carbocycles. The molecule has 2 heterocycles. The average molecular weight is 266 g/mol. The Morgan fingerprint density at radius 1 is 1.17 bits per heavy atom. The summed E-state index contributed by atoms with van der Waals surface area (Å²) in [6.07, 6.45) is 6.94. The summed E-state index contributed by atoms with van der Waals surface area (Å²) in [5, 5.41) is 2.25. The second-order valence-electron chi connectivity index (χ2n) is 6.03. The van der Waals surface area contributed by atoms with Gasteiger partial charge in [0.05, 0.1) is 25.1 Å². The van der Waals surface area contributed by atoms with Gasteiger partial charge in [-0.15, -0.1) is 11.3 Å². The predicted molar refractivity (Wildman–Crippen MR) is 75.8 cm³/mol. The number of nitrogens with zero attached hydrogens (tertiary/aromatic N) is 1. The number of morpholine rings is 1. The van der Waals surface area contributed by atoms with Crippen LogP contribution in [0.5, 0.6) is 0 Å². The zero-order valence-electron chi connectivity index (χ0n) is 11.4. The fourth-order valence-electron chi connectivity index (χ4n) is 3.91. The van der Waals surface area contributed by atoms with Gasteiger partial charge in [-0.1, -0.05) is 12.5 Å². The molecule has 0 spiro atoms. The van der Waals surface area contributed by atoms with Gasteiger partial charge in [0.15, 0.2) is 0 Å². The molecular formula is C15H24NOS+. The number of rotatable bonds is 2. The van der Waals surface area contributed by atoms with Crippen molar-refractivity contribution in [3.05, 3.63) is 22.4 Å². The van der Waals surface area contributed by atoms with E-state index in [1.54, 1.807) is 4.88 Å². The first kappa shape index (κ1) is 12.6. The molecule has 0 bridgehead atoms. The van der Waals surface area contributed by atoms with Crippen LogP contribution in [0, 0.1) is 0 Å². The molecule has 1 saturated carbocycles. The van der Waals surface area contributed by atoms with E-state index in [-0.39, 0.29) is 0 Å². The molecule has 0 N–H and O–H groups in total. The standard InChI is InChI=1S/C15H24NOS/c1-16(9-11-17-12-10-16)15(7-3-2-4-8-15)14-6-5-13-18-14/h5-6,13H,2-4,7-12H2,1H3/q+1. The Bertz CT molecular complexity index is 375. The lowest BCUT2D eigenvalue weighted by Gasteiger charge is -2.54. The van der Waals surface area contributed by atoms with Gasteiger partial charge in [-0.3, -0.25) is 0 Å². The maximum absolute atomic E-state index is 5.61. The molecule has 1 aliphatic heterocycles. The first-order valence-corrected chi connectivity index (χ1v) is 8.11. The first-order chi connectivity index (χ1) is 8.77. The van der Waals surface area contributed by atoms with E-state index in [4.69, 9.17) is 4.74 Å². The number of quaternary nitrogens is 1. The summed E-state index contributed by atoms with van der Waals surface area (Å²) in [4.78, 5) is 1.62. The van der Waals surface area contributed by atoms with Gasteiger partial charge in [0, 0.05) is 12.8 Å². The minimum Gasteiger partial charge on any atom is -0.370 e. The van der Waals surface area contributed by atoms with Crippen LogP contribution in [0.25, 0.3) is 0 Å². The largest absolute Gasteiger partial charge is 0.370 e. The van der Waals surface area contributed by atoms with Crippen LogP contribution in [-0.4, -0.2) is 37.8 Å². The fourth-order valence-corrected chi connectivity index (χ4v) is 5.01. The van der Waals surface area contributed by atoms with E-state index in [9.17, 15) is 0 Å². The number of likely N-dealkylation sites (N-methyl/N-ethyl adjacent to an activating group) is 1. The van der Waals surface area contributed by atoms with Gasteiger partial charge in [0.25, 0.3) is 0 Å². The summed E-state index contributed by atoms with van der Waals surface area (Å²) in [5.41, 5.74) is 0.385. The highest BCUT2D eigenvalue weighted by Crippen LogP contribution is 2.48. The normalized spacial score (nSPS) is 26.9. The third-order valence-corrected chi connectivity index (χ3v) is 6.22. The van der Waals surface area contributed by atoms with Crippen LogP contribution >= 0.6 is 11.3 Å². The molecule has 2 nitrogen and oxygen atoms in total. The predicted octanol–water partition coefficient (Wildman–Crippen LogP) is 3.38.